The standard InChI is InChI=1S/C14H19NO4/c1-7-8(2)13(16)12(19-3)5-10(7)11-4-9(6-15-11)14(17)18/h5,9,11,15-16H,4,6H2,1-3H3,(H,17,18). The van der Waals surface area contributed by atoms with Crippen LogP contribution in [0.3, 0.4) is 0 Å². The first-order valence-corrected chi connectivity index (χ1v) is 6.29. The summed E-state index contributed by atoms with van der Waals surface area (Å²) in [5.41, 5.74) is 2.74. The number of carbonyl (C=O) groups is 1. The Kier molecular flexibility index (Phi) is 3.66. The van der Waals surface area contributed by atoms with Crippen LogP contribution in [0.25, 0.3) is 0 Å². The van der Waals surface area contributed by atoms with Crippen LogP contribution in [0.2, 0.25) is 0 Å². The molecule has 1 heterocycles. The maximum absolute atomic E-state index is 11.0. The monoisotopic (exact) mass is 265 g/mol. The van der Waals surface area contributed by atoms with E-state index in [0.717, 1.165) is 16.7 Å². The normalized spacial score (nSPS) is 22.5. The third kappa shape index (κ3) is 2.38. The molecule has 19 heavy (non-hydrogen) atoms. The maximum atomic E-state index is 11.0. The summed E-state index contributed by atoms with van der Waals surface area (Å²) >= 11 is 0. The summed E-state index contributed by atoms with van der Waals surface area (Å²) in [6, 6.07) is 1.79. The number of phenolic OH excluding ortho intramolecular Hbond substituents is 1. The smallest absolute Gasteiger partial charge is 0.307 e. The number of aliphatic carboxylic acids is 1. The first-order chi connectivity index (χ1) is 8.95. The van der Waals surface area contributed by atoms with E-state index < -0.39 is 5.97 Å². The summed E-state index contributed by atoms with van der Waals surface area (Å²) in [5.74, 6) is -0.546. The molecular formula is C14H19NO4. The summed E-state index contributed by atoms with van der Waals surface area (Å²) in [6.45, 7) is 4.24. The molecule has 5 nitrogen and oxygen atoms in total. The lowest BCUT2D eigenvalue weighted by Crippen LogP contribution is -2.17. The van der Waals surface area contributed by atoms with Gasteiger partial charge >= 0.3 is 5.97 Å². The highest BCUT2D eigenvalue weighted by molar-refractivity contribution is 5.71. The predicted molar refractivity (Wildman–Crippen MR) is 70.6 cm³/mol. The third-order valence-corrected chi connectivity index (χ3v) is 3.95. The molecule has 0 spiro atoms. The molecule has 2 unspecified atom stereocenters. The van der Waals surface area contributed by atoms with Crippen molar-refractivity contribution < 1.29 is 19.7 Å². The van der Waals surface area contributed by atoms with E-state index in [2.05, 4.69) is 5.32 Å². The highest BCUT2D eigenvalue weighted by Gasteiger charge is 2.31. The van der Waals surface area contributed by atoms with Crippen molar-refractivity contribution in [1.82, 2.24) is 5.32 Å². The average molecular weight is 265 g/mol. The highest BCUT2D eigenvalue weighted by Crippen LogP contribution is 2.39. The lowest BCUT2D eigenvalue weighted by Gasteiger charge is -2.18. The largest absolute Gasteiger partial charge is 0.504 e. The molecule has 5 heteroatoms. The predicted octanol–water partition coefficient (Wildman–Crippen LogP) is 1.75. The zero-order chi connectivity index (χ0) is 14.2. The van der Waals surface area contributed by atoms with Gasteiger partial charge in [-0.2, -0.15) is 0 Å². The van der Waals surface area contributed by atoms with Crippen molar-refractivity contribution in [1.29, 1.82) is 0 Å². The molecule has 1 aliphatic heterocycles. The van der Waals surface area contributed by atoms with Gasteiger partial charge in [0.1, 0.15) is 0 Å². The minimum absolute atomic E-state index is 0.00528. The number of nitrogens with one attached hydrogen (secondary N) is 1. The van der Waals surface area contributed by atoms with Gasteiger partial charge in [-0.15, -0.1) is 0 Å². The molecule has 0 radical (unpaired) electrons. The van der Waals surface area contributed by atoms with Crippen molar-refractivity contribution in [2.75, 3.05) is 13.7 Å². The quantitative estimate of drug-likeness (QED) is 0.776. The molecule has 0 aromatic heterocycles. The Morgan fingerprint density at radius 2 is 2.11 bits per heavy atom. The second-order valence-electron chi connectivity index (χ2n) is 5.00. The molecule has 1 aromatic rings. The van der Waals surface area contributed by atoms with Crippen molar-refractivity contribution in [3.63, 3.8) is 0 Å². The zero-order valence-corrected chi connectivity index (χ0v) is 11.4. The van der Waals surface area contributed by atoms with Gasteiger partial charge in [-0.25, -0.2) is 0 Å². The van der Waals surface area contributed by atoms with Crippen molar-refractivity contribution >= 4 is 5.97 Å². The Hall–Kier alpha value is -1.75. The van der Waals surface area contributed by atoms with E-state index in [1.807, 2.05) is 13.8 Å². The highest BCUT2D eigenvalue weighted by atomic mass is 16.5. The minimum atomic E-state index is -0.768. The van der Waals surface area contributed by atoms with Crippen LogP contribution < -0.4 is 10.1 Å². The fraction of sp³-hybridized carbons (Fsp3) is 0.500. The second-order valence-corrected chi connectivity index (χ2v) is 5.00. The van der Waals surface area contributed by atoms with Crippen LogP contribution >= 0.6 is 0 Å². The van der Waals surface area contributed by atoms with Gasteiger partial charge in [-0.3, -0.25) is 4.79 Å². The Balaban J connectivity index is 2.36. The number of carboxylic acid groups (broad SMARTS) is 1. The van der Waals surface area contributed by atoms with Gasteiger partial charge < -0.3 is 20.3 Å². The molecule has 1 aromatic carbocycles. The van der Waals surface area contributed by atoms with Gasteiger partial charge in [0.25, 0.3) is 0 Å². The van der Waals surface area contributed by atoms with E-state index in [1.54, 1.807) is 6.07 Å². The molecular weight excluding hydrogens is 246 g/mol. The molecule has 1 fully saturated rings. The summed E-state index contributed by atoms with van der Waals surface area (Å²) in [4.78, 5) is 11.0. The minimum Gasteiger partial charge on any atom is -0.504 e. The molecule has 0 amide bonds. The number of methoxy groups -OCH3 is 1. The van der Waals surface area contributed by atoms with Crippen LogP contribution in [-0.2, 0) is 4.79 Å². The van der Waals surface area contributed by atoms with Crippen molar-refractivity contribution in [3.8, 4) is 11.5 Å². The van der Waals surface area contributed by atoms with Crippen molar-refractivity contribution in [3.05, 3.63) is 22.8 Å². The summed E-state index contributed by atoms with van der Waals surface area (Å²) in [7, 11) is 1.51. The fourth-order valence-electron chi connectivity index (χ4n) is 2.58. The number of benzene rings is 1. The number of hydrogen-bond donors (Lipinski definition) is 3. The Bertz CT molecular complexity index is 513. The van der Waals surface area contributed by atoms with E-state index in [-0.39, 0.29) is 17.7 Å². The molecule has 3 N–H and O–H groups in total. The lowest BCUT2D eigenvalue weighted by molar-refractivity contribution is -0.141. The molecule has 104 valence electrons. The van der Waals surface area contributed by atoms with E-state index >= 15 is 0 Å². The third-order valence-electron chi connectivity index (χ3n) is 3.95. The number of rotatable bonds is 3. The zero-order valence-electron chi connectivity index (χ0n) is 11.4. The SMILES string of the molecule is COc1cc(C2CC(C(=O)O)CN2)c(C)c(C)c1O. The van der Waals surface area contributed by atoms with Crippen LogP contribution in [-0.4, -0.2) is 29.8 Å². The molecule has 1 aliphatic rings. The van der Waals surface area contributed by atoms with Crippen LogP contribution in [0.4, 0.5) is 0 Å². The Morgan fingerprint density at radius 3 is 2.63 bits per heavy atom. The molecule has 0 bridgehead atoms. The number of hydrogen-bond acceptors (Lipinski definition) is 4. The van der Waals surface area contributed by atoms with Gasteiger partial charge in [0.15, 0.2) is 11.5 Å². The maximum Gasteiger partial charge on any atom is 0.307 e. The number of ether oxygens (including phenoxy) is 1. The van der Waals surface area contributed by atoms with Crippen LogP contribution in [0.1, 0.15) is 29.2 Å². The number of carboxylic acids is 1. The Labute approximate surface area is 112 Å². The van der Waals surface area contributed by atoms with E-state index in [0.29, 0.717) is 18.7 Å². The lowest BCUT2D eigenvalue weighted by atomic mass is 9.93. The van der Waals surface area contributed by atoms with E-state index in [4.69, 9.17) is 9.84 Å². The van der Waals surface area contributed by atoms with Gasteiger partial charge in [-0.05, 0) is 43.0 Å². The van der Waals surface area contributed by atoms with Gasteiger partial charge in [0.05, 0.1) is 13.0 Å². The molecule has 0 aliphatic carbocycles. The van der Waals surface area contributed by atoms with Gasteiger partial charge in [0, 0.05) is 12.6 Å². The topological polar surface area (TPSA) is 78.8 Å². The van der Waals surface area contributed by atoms with E-state index in [9.17, 15) is 9.90 Å². The second kappa shape index (κ2) is 5.09. The van der Waals surface area contributed by atoms with Crippen molar-refractivity contribution in [2.24, 2.45) is 5.92 Å². The summed E-state index contributed by atoms with van der Waals surface area (Å²) in [6.07, 6.45) is 0.559. The van der Waals surface area contributed by atoms with Crippen LogP contribution in [0.5, 0.6) is 11.5 Å². The van der Waals surface area contributed by atoms with Crippen LogP contribution in [0, 0.1) is 19.8 Å². The van der Waals surface area contributed by atoms with Crippen LogP contribution in [0.15, 0.2) is 6.07 Å². The van der Waals surface area contributed by atoms with Gasteiger partial charge in [-0.1, -0.05) is 0 Å². The van der Waals surface area contributed by atoms with Crippen molar-refractivity contribution in [2.45, 2.75) is 26.3 Å². The molecule has 2 atom stereocenters. The first-order valence-electron chi connectivity index (χ1n) is 6.29. The molecule has 0 saturated carbocycles. The summed E-state index contributed by atoms with van der Waals surface area (Å²) < 4.78 is 5.16. The number of aromatic hydroxyl groups is 1. The molecule has 2 rings (SSSR count). The average Bonchev–Trinajstić information content (AvgIpc) is 2.86. The first kappa shape index (κ1) is 13.7. The fourth-order valence-corrected chi connectivity index (χ4v) is 2.58. The molecule has 1 saturated heterocycles. The van der Waals surface area contributed by atoms with E-state index in [1.165, 1.54) is 7.11 Å². The van der Waals surface area contributed by atoms with Gasteiger partial charge in [0.2, 0.25) is 0 Å². The number of phenols is 1. The Morgan fingerprint density at radius 1 is 1.42 bits per heavy atom. The summed E-state index contributed by atoms with van der Waals surface area (Å²) in [5, 5.41) is 22.2.